The molecule has 4 nitrogen and oxygen atoms in total. The second kappa shape index (κ2) is 6.30. The topological polar surface area (TPSA) is 50.4 Å². The summed E-state index contributed by atoms with van der Waals surface area (Å²) in [5.74, 6) is -2.63. The summed E-state index contributed by atoms with van der Waals surface area (Å²) in [6.07, 6.45) is -0.964. The highest BCUT2D eigenvalue weighted by atomic mass is 19.1. The lowest BCUT2D eigenvalue weighted by Gasteiger charge is -2.15. The molecule has 0 fully saturated rings. The van der Waals surface area contributed by atoms with Gasteiger partial charge in [-0.25, -0.2) is 8.78 Å². The van der Waals surface area contributed by atoms with Crippen molar-refractivity contribution >= 4 is 5.91 Å². The fourth-order valence-corrected chi connectivity index (χ4v) is 1.46. The number of nitrogens with one attached hydrogen (secondary N) is 2. The number of halogens is 2. The Labute approximate surface area is 104 Å². The standard InChI is InChI=1S/C12H16F2N2O2/c1-7(12(17)16-3)18-11-9(13)4-8(6-15-2)5-10(11)14/h4-5,7,15H,6H2,1-3H3,(H,16,17). The number of carbonyl (C=O) groups excluding carboxylic acids is 1. The molecule has 0 saturated carbocycles. The molecular formula is C12H16F2N2O2. The van der Waals surface area contributed by atoms with E-state index in [9.17, 15) is 13.6 Å². The Kier molecular flexibility index (Phi) is 5.03. The van der Waals surface area contributed by atoms with E-state index in [2.05, 4.69) is 10.6 Å². The summed E-state index contributed by atoms with van der Waals surface area (Å²) in [6, 6.07) is 2.34. The minimum atomic E-state index is -0.964. The highest BCUT2D eigenvalue weighted by Gasteiger charge is 2.19. The molecule has 0 saturated heterocycles. The average molecular weight is 258 g/mol. The molecule has 0 spiro atoms. The molecule has 6 heteroatoms. The van der Waals surface area contributed by atoms with Crippen molar-refractivity contribution in [3.8, 4) is 5.75 Å². The van der Waals surface area contributed by atoms with Gasteiger partial charge in [-0.05, 0) is 31.7 Å². The van der Waals surface area contributed by atoms with Crippen molar-refractivity contribution in [1.29, 1.82) is 0 Å². The van der Waals surface area contributed by atoms with Crippen LogP contribution in [0.3, 0.4) is 0 Å². The van der Waals surface area contributed by atoms with Crippen molar-refractivity contribution in [3.63, 3.8) is 0 Å². The van der Waals surface area contributed by atoms with Crippen molar-refractivity contribution in [2.24, 2.45) is 0 Å². The quantitative estimate of drug-likeness (QED) is 0.834. The van der Waals surface area contributed by atoms with Gasteiger partial charge in [-0.15, -0.1) is 0 Å². The zero-order valence-electron chi connectivity index (χ0n) is 10.5. The summed E-state index contributed by atoms with van der Waals surface area (Å²) in [7, 11) is 3.10. The maximum absolute atomic E-state index is 13.6. The lowest BCUT2D eigenvalue weighted by atomic mass is 10.2. The van der Waals surface area contributed by atoms with Gasteiger partial charge in [0.1, 0.15) is 0 Å². The molecular weight excluding hydrogens is 242 g/mol. The number of ether oxygens (including phenoxy) is 1. The molecule has 1 aromatic rings. The number of rotatable bonds is 5. The van der Waals surface area contributed by atoms with E-state index >= 15 is 0 Å². The molecule has 0 radical (unpaired) electrons. The molecule has 0 heterocycles. The van der Waals surface area contributed by atoms with E-state index in [0.29, 0.717) is 12.1 Å². The Hall–Kier alpha value is -1.69. The zero-order valence-corrected chi connectivity index (χ0v) is 10.5. The van der Waals surface area contributed by atoms with Crippen LogP contribution < -0.4 is 15.4 Å². The van der Waals surface area contributed by atoms with E-state index in [4.69, 9.17) is 4.74 Å². The van der Waals surface area contributed by atoms with E-state index in [1.54, 1.807) is 7.05 Å². The SMILES string of the molecule is CNCc1cc(F)c(OC(C)C(=O)NC)c(F)c1. The molecule has 0 bridgehead atoms. The number of carbonyl (C=O) groups is 1. The maximum atomic E-state index is 13.6. The molecule has 18 heavy (non-hydrogen) atoms. The van der Waals surface area contributed by atoms with Gasteiger partial charge in [0.05, 0.1) is 0 Å². The first-order valence-electron chi connectivity index (χ1n) is 5.50. The number of benzene rings is 1. The highest BCUT2D eigenvalue weighted by Crippen LogP contribution is 2.24. The molecule has 0 aliphatic heterocycles. The van der Waals surface area contributed by atoms with Crippen LogP contribution in [0.2, 0.25) is 0 Å². The van der Waals surface area contributed by atoms with Gasteiger partial charge in [0.25, 0.3) is 5.91 Å². The molecule has 100 valence electrons. The fraction of sp³-hybridized carbons (Fsp3) is 0.417. The summed E-state index contributed by atoms with van der Waals surface area (Å²) < 4.78 is 32.3. The van der Waals surface area contributed by atoms with Crippen LogP contribution in [0.4, 0.5) is 8.78 Å². The molecule has 1 amide bonds. The molecule has 1 atom stereocenters. The minimum Gasteiger partial charge on any atom is -0.475 e. The second-order valence-corrected chi connectivity index (χ2v) is 3.79. The van der Waals surface area contributed by atoms with Crippen LogP contribution in [0.15, 0.2) is 12.1 Å². The van der Waals surface area contributed by atoms with Gasteiger partial charge in [-0.2, -0.15) is 0 Å². The third-order valence-electron chi connectivity index (χ3n) is 2.35. The molecule has 1 aromatic carbocycles. The predicted octanol–water partition coefficient (Wildman–Crippen LogP) is 1.20. The van der Waals surface area contributed by atoms with E-state index in [0.717, 1.165) is 0 Å². The van der Waals surface area contributed by atoms with E-state index < -0.39 is 29.4 Å². The summed E-state index contributed by atoms with van der Waals surface area (Å²) in [5, 5.41) is 5.12. The Morgan fingerprint density at radius 2 is 1.89 bits per heavy atom. The zero-order chi connectivity index (χ0) is 13.7. The van der Waals surface area contributed by atoms with Crippen LogP contribution >= 0.6 is 0 Å². The summed E-state index contributed by atoms with van der Waals surface area (Å²) in [6.45, 7) is 1.76. The van der Waals surface area contributed by atoms with Crippen LogP contribution in [0, 0.1) is 11.6 Å². The lowest BCUT2D eigenvalue weighted by Crippen LogP contribution is -2.34. The second-order valence-electron chi connectivity index (χ2n) is 3.79. The third-order valence-corrected chi connectivity index (χ3v) is 2.35. The van der Waals surface area contributed by atoms with Gasteiger partial charge in [-0.1, -0.05) is 0 Å². The van der Waals surface area contributed by atoms with Crippen LogP contribution in [0.25, 0.3) is 0 Å². The summed E-state index contributed by atoms with van der Waals surface area (Å²) in [4.78, 5) is 11.2. The van der Waals surface area contributed by atoms with Crippen LogP contribution in [0.1, 0.15) is 12.5 Å². The summed E-state index contributed by atoms with van der Waals surface area (Å²) in [5.41, 5.74) is 0.465. The number of hydrogen-bond donors (Lipinski definition) is 2. The van der Waals surface area contributed by atoms with E-state index in [1.807, 2.05) is 0 Å². The first kappa shape index (κ1) is 14.4. The normalized spacial score (nSPS) is 12.1. The number of hydrogen-bond acceptors (Lipinski definition) is 3. The minimum absolute atomic E-state index is 0.346. The monoisotopic (exact) mass is 258 g/mol. The molecule has 2 N–H and O–H groups in total. The molecule has 1 unspecified atom stereocenters. The van der Waals surface area contributed by atoms with E-state index in [1.165, 1.54) is 26.1 Å². The van der Waals surface area contributed by atoms with Gasteiger partial charge in [-0.3, -0.25) is 4.79 Å². The van der Waals surface area contributed by atoms with Gasteiger partial charge in [0, 0.05) is 13.6 Å². The predicted molar refractivity (Wildman–Crippen MR) is 63.3 cm³/mol. The van der Waals surface area contributed by atoms with Crippen molar-refractivity contribution in [2.75, 3.05) is 14.1 Å². The Bertz CT molecular complexity index is 415. The van der Waals surface area contributed by atoms with Crippen molar-refractivity contribution < 1.29 is 18.3 Å². The average Bonchev–Trinajstić information content (AvgIpc) is 2.33. The third kappa shape index (κ3) is 3.40. The fourth-order valence-electron chi connectivity index (χ4n) is 1.46. The number of amides is 1. The highest BCUT2D eigenvalue weighted by molar-refractivity contribution is 5.80. The Balaban J connectivity index is 2.93. The lowest BCUT2D eigenvalue weighted by molar-refractivity contribution is -0.126. The molecule has 1 rings (SSSR count). The van der Waals surface area contributed by atoms with Crippen LogP contribution in [-0.2, 0) is 11.3 Å². The van der Waals surface area contributed by atoms with Crippen LogP contribution in [-0.4, -0.2) is 26.1 Å². The summed E-state index contributed by atoms with van der Waals surface area (Å²) >= 11 is 0. The largest absolute Gasteiger partial charge is 0.475 e. The van der Waals surface area contributed by atoms with Crippen molar-refractivity contribution in [2.45, 2.75) is 19.6 Å². The molecule has 0 aliphatic rings. The van der Waals surface area contributed by atoms with Gasteiger partial charge in [0.15, 0.2) is 23.5 Å². The van der Waals surface area contributed by atoms with Crippen molar-refractivity contribution in [3.05, 3.63) is 29.3 Å². The first-order valence-corrected chi connectivity index (χ1v) is 5.50. The Morgan fingerprint density at radius 3 is 2.33 bits per heavy atom. The maximum Gasteiger partial charge on any atom is 0.260 e. The van der Waals surface area contributed by atoms with Gasteiger partial charge >= 0.3 is 0 Å². The molecule has 0 aliphatic carbocycles. The smallest absolute Gasteiger partial charge is 0.260 e. The Morgan fingerprint density at radius 1 is 1.33 bits per heavy atom. The van der Waals surface area contributed by atoms with Gasteiger partial charge < -0.3 is 15.4 Å². The van der Waals surface area contributed by atoms with E-state index in [-0.39, 0.29) is 0 Å². The van der Waals surface area contributed by atoms with Crippen molar-refractivity contribution in [1.82, 2.24) is 10.6 Å². The molecule has 0 aromatic heterocycles. The first-order chi connectivity index (χ1) is 8.49. The van der Waals surface area contributed by atoms with Crippen LogP contribution in [0.5, 0.6) is 5.75 Å². The van der Waals surface area contributed by atoms with Gasteiger partial charge in [0.2, 0.25) is 0 Å². The number of likely N-dealkylation sites (N-methyl/N-ethyl adjacent to an activating group) is 1.